The quantitative estimate of drug-likeness (QED) is 0.403. The number of amides is 2. The van der Waals surface area contributed by atoms with Crippen LogP contribution in [0.15, 0.2) is 41.5 Å². The zero-order chi connectivity index (χ0) is 24.0. The Labute approximate surface area is 202 Å². The summed E-state index contributed by atoms with van der Waals surface area (Å²) >= 11 is 12.0. The number of rotatable bonds is 9. The van der Waals surface area contributed by atoms with E-state index in [0.29, 0.717) is 28.7 Å². The molecule has 8 nitrogen and oxygen atoms in total. The fourth-order valence-corrected chi connectivity index (χ4v) is 3.50. The summed E-state index contributed by atoms with van der Waals surface area (Å²) in [5.74, 6) is 0.854. The number of carbonyl (C=O) groups excluding carboxylic acids is 2. The molecule has 2 atom stereocenters. The van der Waals surface area contributed by atoms with Crippen LogP contribution in [-0.4, -0.2) is 37.0 Å². The lowest BCUT2D eigenvalue weighted by atomic mass is 10.0. The second-order valence-electron chi connectivity index (χ2n) is 7.87. The third-order valence-corrected chi connectivity index (χ3v) is 5.22. The van der Waals surface area contributed by atoms with E-state index in [1.54, 1.807) is 37.3 Å². The van der Waals surface area contributed by atoms with E-state index in [2.05, 4.69) is 15.8 Å². The molecule has 0 aliphatic carbocycles. The first kappa shape index (κ1) is 24.7. The first-order valence-electron chi connectivity index (χ1n) is 10.4. The van der Waals surface area contributed by atoms with Crippen molar-refractivity contribution < 1.29 is 23.8 Å². The topological polar surface area (TPSA) is 98.2 Å². The minimum absolute atomic E-state index is 0.154. The normalized spacial score (nSPS) is 14.2. The Morgan fingerprint density at radius 3 is 2.58 bits per heavy atom. The number of hydrazone groups is 1. The van der Waals surface area contributed by atoms with Crippen LogP contribution in [-0.2, 0) is 9.59 Å². The molecule has 2 aromatic rings. The van der Waals surface area contributed by atoms with Crippen molar-refractivity contribution in [2.75, 3.05) is 6.79 Å². The first-order valence-corrected chi connectivity index (χ1v) is 11.1. The van der Waals surface area contributed by atoms with E-state index in [1.807, 2.05) is 13.8 Å². The molecule has 2 N–H and O–H groups in total. The molecule has 2 aromatic carbocycles. The van der Waals surface area contributed by atoms with Crippen molar-refractivity contribution in [1.29, 1.82) is 0 Å². The van der Waals surface area contributed by atoms with Gasteiger partial charge in [0.1, 0.15) is 11.8 Å². The van der Waals surface area contributed by atoms with Gasteiger partial charge in [-0.2, -0.15) is 5.10 Å². The van der Waals surface area contributed by atoms with Crippen LogP contribution in [0.2, 0.25) is 10.0 Å². The highest BCUT2D eigenvalue weighted by atomic mass is 35.5. The number of nitrogens with zero attached hydrogens (tertiary/aromatic N) is 1. The number of nitrogens with one attached hydrogen (secondary N) is 2. The van der Waals surface area contributed by atoms with Gasteiger partial charge in [-0.25, -0.2) is 5.43 Å². The van der Waals surface area contributed by atoms with Crippen LogP contribution in [0.4, 0.5) is 0 Å². The van der Waals surface area contributed by atoms with Crippen LogP contribution in [0.3, 0.4) is 0 Å². The molecule has 0 bridgehead atoms. The van der Waals surface area contributed by atoms with Crippen molar-refractivity contribution in [3.8, 4) is 17.2 Å². The van der Waals surface area contributed by atoms with Gasteiger partial charge in [0.05, 0.1) is 11.2 Å². The highest BCUT2D eigenvalue weighted by Gasteiger charge is 2.25. The highest BCUT2D eigenvalue weighted by molar-refractivity contribution is 6.35. The Morgan fingerprint density at radius 1 is 1.09 bits per heavy atom. The SMILES string of the molecule is CC(C)C[C@@H](NC(=O)[C@@H](C)Oc1ccc(Cl)cc1Cl)C(=O)N/N=C\c1ccc2c(c1)OCO2. The number of ether oxygens (including phenoxy) is 3. The summed E-state index contributed by atoms with van der Waals surface area (Å²) in [6.07, 6.45) is 1.02. The summed E-state index contributed by atoms with van der Waals surface area (Å²) in [6.45, 7) is 5.66. The molecule has 176 valence electrons. The van der Waals surface area contributed by atoms with Gasteiger partial charge in [0.15, 0.2) is 17.6 Å². The number of halogens is 2. The average Bonchev–Trinajstić information content (AvgIpc) is 3.22. The van der Waals surface area contributed by atoms with Gasteiger partial charge in [0.25, 0.3) is 11.8 Å². The van der Waals surface area contributed by atoms with E-state index in [0.717, 1.165) is 5.56 Å². The van der Waals surface area contributed by atoms with Crippen LogP contribution < -0.4 is 25.0 Å². The second-order valence-corrected chi connectivity index (χ2v) is 8.72. The van der Waals surface area contributed by atoms with Gasteiger partial charge in [-0.15, -0.1) is 0 Å². The van der Waals surface area contributed by atoms with Crippen LogP contribution >= 0.6 is 23.2 Å². The predicted octanol–water partition coefficient (Wildman–Crippen LogP) is 4.17. The van der Waals surface area contributed by atoms with E-state index in [1.165, 1.54) is 12.3 Å². The van der Waals surface area contributed by atoms with Crippen LogP contribution in [0, 0.1) is 5.92 Å². The lowest BCUT2D eigenvalue weighted by molar-refractivity contribution is -0.132. The zero-order valence-electron chi connectivity index (χ0n) is 18.4. The van der Waals surface area contributed by atoms with Crippen LogP contribution in [0.25, 0.3) is 0 Å². The largest absolute Gasteiger partial charge is 0.479 e. The molecular weight excluding hydrogens is 469 g/mol. The second kappa shape index (κ2) is 11.2. The summed E-state index contributed by atoms with van der Waals surface area (Å²) in [5.41, 5.74) is 3.21. The summed E-state index contributed by atoms with van der Waals surface area (Å²) < 4.78 is 16.2. The molecule has 2 amide bonds. The van der Waals surface area contributed by atoms with E-state index in [-0.39, 0.29) is 17.7 Å². The summed E-state index contributed by atoms with van der Waals surface area (Å²) in [6, 6.07) is 9.23. The maximum absolute atomic E-state index is 12.7. The monoisotopic (exact) mass is 493 g/mol. The minimum atomic E-state index is -0.886. The van der Waals surface area contributed by atoms with Gasteiger partial charge in [-0.1, -0.05) is 37.0 Å². The molecule has 0 spiro atoms. The molecule has 1 aliphatic rings. The summed E-state index contributed by atoms with van der Waals surface area (Å²) in [4.78, 5) is 25.4. The maximum Gasteiger partial charge on any atom is 0.262 e. The first-order chi connectivity index (χ1) is 15.7. The van der Waals surface area contributed by atoms with E-state index in [9.17, 15) is 9.59 Å². The lowest BCUT2D eigenvalue weighted by Crippen LogP contribution is -2.49. The molecule has 1 heterocycles. The molecule has 10 heteroatoms. The van der Waals surface area contributed by atoms with Crippen molar-refractivity contribution in [2.45, 2.75) is 39.3 Å². The van der Waals surface area contributed by atoms with E-state index < -0.39 is 24.0 Å². The van der Waals surface area contributed by atoms with Gasteiger partial charge < -0.3 is 19.5 Å². The van der Waals surface area contributed by atoms with E-state index >= 15 is 0 Å². The molecular formula is C23H25Cl2N3O5. The van der Waals surface area contributed by atoms with Gasteiger partial charge in [0, 0.05) is 5.02 Å². The maximum atomic E-state index is 12.7. The molecule has 0 unspecified atom stereocenters. The Morgan fingerprint density at radius 2 is 1.85 bits per heavy atom. The van der Waals surface area contributed by atoms with Gasteiger partial charge in [0.2, 0.25) is 6.79 Å². The Balaban J connectivity index is 1.59. The highest BCUT2D eigenvalue weighted by Crippen LogP contribution is 2.32. The van der Waals surface area contributed by atoms with Crippen molar-refractivity contribution in [1.82, 2.24) is 10.7 Å². The third kappa shape index (κ3) is 7.00. The lowest BCUT2D eigenvalue weighted by Gasteiger charge is -2.22. The molecule has 3 rings (SSSR count). The molecule has 0 saturated carbocycles. The fourth-order valence-electron chi connectivity index (χ4n) is 3.05. The number of benzene rings is 2. The van der Waals surface area contributed by atoms with Crippen LogP contribution in [0.5, 0.6) is 17.2 Å². The predicted molar refractivity (Wildman–Crippen MR) is 126 cm³/mol. The standard InChI is InChI=1S/C23H25Cl2N3O5/c1-13(2)8-18(27-22(29)14(3)33-19-7-5-16(24)10-17(19)25)23(30)28-26-11-15-4-6-20-21(9-15)32-12-31-20/h4-7,9-11,13-14,18H,8,12H2,1-3H3,(H,27,29)(H,28,30)/b26-11-/t14-,18-/m1/s1. The Hall–Kier alpha value is -2.97. The molecule has 0 fully saturated rings. The summed E-state index contributed by atoms with van der Waals surface area (Å²) in [7, 11) is 0. The Bertz CT molecular complexity index is 1040. The van der Waals surface area contributed by atoms with Gasteiger partial charge in [-0.05, 0) is 61.2 Å². The van der Waals surface area contributed by atoms with Crippen LogP contribution in [0.1, 0.15) is 32.8 Å². The number of hydrogen-bond acceptors (Lipinski definition) is 6. The minimum Gasteiger partial charge on any atom is -0.479 e. The molecule has 33 heavy (non-hydrogen) atoms. The fraction of sp³-hybridized carbons (Fsp3) is 0.348. The van der Waals surface area contributed by atoms with Crippen molar-refractivity contribution in [3.05, 3.63) is 52.0 Å². The Kier molecular flexibility index (Phi) is 8.41. The summed E-state index contributed by atoms with van der Waals surface area (Å²) in [5, 5.41) is 7.47. The average molecular weight is 494 g/mol. The molecule has 0 saturated heterocycles. The molecule has 1 aliphatic heterocycles. The third-order valence-electron chi connectivity index (χ3n) is 4.69. The van der Waals surface area contributed by atoms with Crippen molar-refractivity contribution >= 4 is 41.2 Å². The number of carbonyl (C=O) groups is 2. The van der Waals surface area contributed by atoms with Gasteiger partial charge in [-0.3, -0.25) is 9.59 Å². The number of fused-ring (bicyclic) bond motifs is 1. The molecule has 0 aromatic heterocycles. The van der Waals surface area contributed by atoms with E-state index in [4.69, 9.17) is 37.4 Å². The van der Waals surface area contributed by atoms with Crippen molar-refractivity contribution in [2.24, 2.45) is 11.0 Å². The van der Waals surface area contributed by atoms with Crippen molar-refractivity contribution in [3.63, 3.8) is 0 Å². The number of hydrogen-bond donors (Lipinski definition) is 2. The van der Waals surface area contributed by atoms with Gasteiger partial charge >= 0.3 is 0 Å². The smallest absolute Gasteiger partial charge is 0.262 e. The zero-order valence-corrected chi connectivity index (χ0v) is 19.9. The molecule has 0 radical (unpaired) electrons.